The van der Waals surface area contributed by atoms with Crippen LogP contribution in [0, 0.1) is 0 Å². The van der Waals surface area contributed by atoms with Gasteiger partial charge < -0.3 is 4.53 Å². The molecule has 0 aliphatic rings. The summed E-state index contributed by atoms with van der Waals surface area (Å²) in [6.45, 7) is 8.15. The summed E-state index contributed by atoms with van der Waals surface area (Å²) in [6, 6.07) is 9.34. The molecule has 0 aliphatic heterocycles. The molecule has 0 bridgehead atoms. The third-order valence-corrected chi connectivity index (χ3v) is 2.92. The van der Waals surface area contributed by atoms with Crippen molar-refractivity contribution in [3.63, 3.8) is 0 Å². The van der Waals surface area contributed by atoms with Gasteiger partial charge in [-0.15, -0.1) is 5.16 Å². The van der Waals surface area contributed by atoms with Crippen molar-refractivity contribution in [2.24, 2.45) is 5.16 Å². The number of benzene rings is 1. The molecule has 1 rings (SSSR count). The Kier molecular flexibility index (Phi) is 5.28. The quantitative estimate of drug-likeness (QED) is 0.338. The average Bonchev–Trinajstić information content (AvgIpc) is 2.33. The molecule has 0 radical (unpaired) electrons. The van der Waals surface area contributed by atoms with Crippen molar-refractivity contribution in [3.8, 4) is 0 Å². The predicted molar refractivity (Wildman–Crippen MR) is 77.5 cm³/mol. The highest BCUT2D eigenvalue weighted by molar-refractivity contribution is 6.69. The van der Waals surface area contributed by atoms with Crippen molar-refractivity contribution in [1.82, 2.24) is 0 Å². The summed E-state index contributed by atoms with van der Waals surface area (Å²) >= 11 is 0. The van der Waals surface area contributed by atoms with Crippen LogP contribution in [0.4, 0.5) is 0 Å². The monoisotopic (exact) mass is 263 g/mol. The minimum absolute atomic E-state index is 0.151. The summed E-state index contributed by atoms with van der Waals surface area (Å²) in [4.78, 5) is 11.9. The first-order chi connectivity index (χ1) is 8.38. The first-order valence-electron chi connectivity index (χ1n) is 6.18. The van der Waals surface area contributed by atoms with Crippen LogP contribution >= 0.6 is 0 Å². The van der Waals surface area contributed by atoms with Gasteiger partial charge in [-0.25, -0.2) is 0 Å². The van der Waals surface area contributed by atoms with E-state index < -0.39 is 8.32 Å². The van der Waals surface area contributed by atoms with E-state index >= 15 is 0 Å². The lowest BCUT2D eigenvalue weighted by molar-refractivity contribution is 0.0984. The SMILES string of the molecule is C/C(CCC(=O)c1ccccc1)=N\O[Si](C)(C)C. The maximum absolute atomic E-state index is 11.9. The van der Waals surface area contributed by atoms with E-state index in [1.54, 1.807) is 0 Å². The molecule has 4 heteroatoms. The second-order valence-electron chi connectivity index (χ2n) is 5.32. The van der Waals surface area contributed by atoms with Crippen molar-refractivity contribution < 1.29 is 9.32 Å². The largest absolute Gasteiger partial charge is 0.456 e. The summed E-state index contributed by atoms with van der Waals surface area (Å²) in [6.07, 6.45) is 1.13. The minimum atomic E-state index is -1.61. The number of carbonyl (C=O) groups is 1. The summed E-state index contributed by atoms with van der Waals surface area (Å²) in [5.74, 6) is 0.151. The number of ketones is 1. The van der Waals surface area contributed by atoms with E-state index in [1.165, 1.54) is 0 Å². The second-order valence-corrected chi connectivity index (χ2v) is 9.73. The van der Waals surface area contributed by atoms with Gasteiger partial charge in [-0.1, -0.05) is 30.3 Å². The van der Waals surface area contributed by atoms with Crippen LogP contribution in [-0.2, 0) is 4.53 Å². The average molecular weight is 263 g/mol. The zero-order chi connectivity index (χ0) is 13.6. The molecule has 0 amide bonds. The molecule has 18 heavy (non-hydrogen) atoms. The highest BCUT2D eigenvalue weighted by Crippen LogP contribution is 2.07. The first-order valence-corrected chi connectivity index (χ1v) is 9.59. The number of carbonyl (C=O) groups excluding carboxylic acids is 1. The zero-order valence-electron chi connectivity index (χ0n) is 11.6. The topological polar surface area (TPSA) is 38.7 Å². The number of rotatable bonds is 6. The standard InChI is InChI=1S/C14H21NO2Si/c1-12(15-17-18(2,3)4)10-11-14(16)13-8-6-5-7-9-13/h5-9H,10-11H2,1-4H3/b15-12+. The number of hydrogen-bond donors (Lipinski definition) is 0. The molecule has 0 N–H and O–H groups in total. The van der Waals surface area contributed by atoms with E-state index in [1.807, 2.05) is 37.3 Å². The Bertz CT molecular complexity index is 421. The van der Waals surface area contributed by atoms with Crippen LogP contribution in [-0.4, -0.2) is 19.8 Å². The van der Waals surface area contributed by atoms with Gasteiger partial charge in [-0.3, -0.25) is 4.79 Å². The lowest BCUT2D eigenvalue weighted by Gasteiger charge is -2.13. The minimum Gasteiger partial charge on any atom is -0.456 e. The van der Waals surface area contributed by atoms with Crippen LogP contribution in [0.5, 0.6) is 0 Å². The summed E-state index contributed by atoms with van der Waals surface area (Å²) in [7, 11) is -1.61. The molecule has 0 saturated carbocycles. The van der Waals surface area contributed by atoms with Crippen LogP contribution < -0.4 is 0 Å². The summed E-state index contributed by atoms with van der Waals surface area (Å²) in [5, 5.41) is 4.09. The third-order valence-electron chi connectivity index (χ3n) is 2.28. The smallest absolute Gasteiger partial charge is 0.278 e. The first kappa shape index (κ1) is 14.6. The Balaban J connectivity index is 2.44. The van der Waals surface area contributed by atoms with Gasteiger partial charge in [0.2, 0.25) is 0 Å². The predicted octanol–water partition coefficient (Wildman–Crippen LogP) is 3.88. The molecule has 98 valence electrons. The van der Waals surface area contributed by atoms with Gasteiger partial charge in [0.1, 0.15) is 0 Å². The molecular weight excluding hydrogens is 242 g/mol. The Morgan fingerprint density at radius 3 is 2.33 bits per heavy atom. The molecule has 0 spiro atoms. The lowest BCUT2D eigenvalue weighted by Crippen LogP contribution is -2.22. The third kappa shape index (κ3) is 5.77. The van der Waals surface area contributed by atoms with Gasteiger partial charge in [0, 0.05) is 12.0 Å². The Hall–Kier alpha value is -1.42. The van der Waals surface area contributed by atoms with Crippen LogP contribution in [0.25, 0.3) is 0 Å². The molecule has 1 aromatic carbocycles. The van der Waals surface area contributed by atoms with E-state index in [2.05, 4.69) is 24.8 Å². The molecular formula is C14H21NO2Si. The molecule has 0 unspecified atom stereocenters. The fourth-order valence-corrected chi connectivity index (χ4v) is 1.75. The van der Waals surface area contributed by atoms with Crippen molar-refractivity contribution >= 4 is 19.8 Å². The molecule has 0 aromatic heterocycles. The number of oxime groups is 1. The van der Waals surface area contributed by atoms with Crippen molar-refractivity contribution in [3.05, 3.63) is 35.9 Å². The molecule has 1 aromatic rings. The van der Waals surface area contributed by atoms with E-state index in [-0.39, 0.29) is 5.78 Å². The van der Waals surface area contributed by atoms with Crippen molar-refractivity contribution in [2.75, 3.05) is 0 Å². The second kappa shape index (κ2) is 6.49. The van der Waals surface area contributed by atoms with Gasteiger partial charge in [-0.05, 0) is 33.0 Å². The van der Waals surface area contributed by atoms with E-state index in [0.717, 1.165) is 11.3 Å². The highest BCUT2D eigenvalue weighted by atomic mass is 28.4. The number of hydrogen-bond acceptors (Lipinski definition) is 3. The van der Waals surface area contributed by atoms with Crippen LogP contribution in [0.15, 0.2) is 35.5 Å². The highest BCUT2D eigenvalue weighted by Gasteiger charge is 2.16. The normalized spacial score (nSPS) is 12.3. The van der Waals surface area contributed by atoms with E-state index in [9.17, 15) is 4.79 Å². The molecule has 0 heterocycles. The number of nitrogens with zero attached hydrogens (tertiary/aromatic N) is 1. The molecule has 0 fully saturated rings. The van der Waals surface area contributed by atoms with Gasteiger partial charge in [0.25, 0.3) is 8.32 Å². The summed E-state index contributed by atoms with van der Waals surface area (Å²) < 4.78 is 5.44. The molecule has 0 saturated heterocycles. The van der Waals surface area contributed by atoms with Crippen molar-refractivity contribution in [1.29, 1.82) is 0 Å². The Labute approximate surface area is 110 Å². The molecule has 3 nitrogen and oxygen atoms in total. The van der Waals surface area contributed by atoms with Gasteiger partial charge >= 0.3 is 0 Å². The van der Waals surface area contributed by atoms with Crippen LogP contribution in [0.3, 0.4) is 0 Å². The van der Waals surface area contributed by atoms with E-state index in [4.69, 9.17) is 4.53 Å². The van der Waals surface area contributed by atoms with Crippen LogP contribution in [0.2, 0.25) is 19.6 Å². The van der Waals surface area contributed by atoms with Crippen LogP contribution in [0.1, 0.15) is 30.1 Å². The molecule has 0 aliphatic carbocycles. The Morgan fingerprint density at radius 2 is 1.78 bits per heavy atom. The fourth-order valence-electron chi connectivity index (χ4n) is 1.32. The van der Waals surface area contributed by atoms with Crippen molar-refractivity contribution in [2.45, 2.75) is 39.4 Å². The molecule has 0 atom stereocenters. The zero-order valence-corrected chi connectivity index (χ0v) is 12.6. The maximum atomic E-state index is 11.9. The van der Waals surface area contributed by atoms with Gasteiger partial charge in [0.05, 0.1) is 5.71 Å². The van der Waals surface area contributed by atoms with E-state index in [0.29, 0.717) is 12.8 Å². The number of Topliss-reactive ketones (excluding diaryl/α,β-unsaturated/α-hetero) is 1. The fraction of sp³-hybridized carbons (Fsp3) is 0.429. The lowest BCUT2D eigenvalue weighted by atomic mass is 10.1. The Morgan fingerprint density at radius 1 is 1.17 bits per heavy atom. The summed E-state index contributed by atoms with van der Waals surface area (Å²) in [5.41, 5.74) is 1.64. The van der Waals surface area contributed by atoms with Gasteiger partial charge in [-0.2, -0.15) is 0 Å². The maximum Gasteiger partial charge on any atom is 0.278 e. The van der Waals surface area contributed by atoms with Gasteiger partial charge in [0.15, 0.2) is 5.78 Å².